The fourth-order valence-corrected chi connectivity index (χ4v) is 3.68. The van der Waals surface area contributed by atoms with Gasteiger partial charge in [-0.1, -0.05) is 36.0 Å². The molecule has 0 N–H and O–H groups in total. The zero-order valence-corrected chi connectivity index (χ0v) is 14.6. The highest BCUT2D eigenvalue weighted by Gasteiger charge is 2.13. The van der Waals surface area contributed by atoms with Crippen molar-refractivity contribution in [2.45, 2.75) is 17.5 Å². The lowest BCUT2D eigenvalue weighted by Gasteiger charge is -2.09. The minimum absolute atomic E-state index is 0.246. The molecular weight excluding hydrogens is 352 g/mol. The van der Waals surface area contributed by atoms with Crippen LogP contribution in [0.25, 0.3) is 11.2 Å². The Balaban J connectivity index is 1.65. The molecule has 0 aliphatic rings. The molecule has 0 spiro atoms. The minimum atomic E-state index is -0.261. The molecule has 0 atom stereocenters. The van der Waals surface area contributed by atoms with Crippen LogP contribution < -0.4 is 0 Å². The number of fused-ring (bicyclic) bond motifs is 1. The van der Waals surface area contributed by atoms with E-state index in [0.717, 1.165) is 27.4 Å². The van der Waals surface area contributed by atoms with E-state index in [2.05, 4.69) is 9.97 Å². The van der Waals surface area contributed by atoms with Crippen molar-refractivity contribution in [3.05, 3.63) is 89.6 Å². The monoisotopic (exact) mass is 367 g/mol. The van der Waals surface area contributed by atoms with E-state index in [9.17, 15) is 8.78 Å². The number of hydrogen-bond donors (Lipinski definition) is 0. The Kier molecular flexibility index (Phi) is 4.67. The first-order chi connectivity index (χ1) is 12.7. The number of benzene rings is 2. The molecule has 130 valence electrons. The molecule has 6 heteroatoms. The molecule has 4 aromatic rings. The fraction of sp³-hybridized carbons (Fsp3) is 0.100. The third-order valence-electron chi connectivity index (χ3n) is 3.98. The molecule has 0 bridgehead atoms. The second-order valence-corrected chi connectivity index (χ2v) is 6.81. The van der Waals surface area contributed by atoms with E-state index in [4.69, 9.17) is 0 Å². The number of thioether (sulfide) groups is 1. The third kappa shape index (κ3) is 3.60. The first-order valence-electron chi connectivity index (χ1n) is 8.12. The van der Waals surface area contributed by atoms with Crippen LogP contribution in [0.1, 0.15) is 11.1 Å². The van der Waals surface area contributed by atoms with Gasteiger partial charge in [0.2, 0.25) is 0 Å². The zero-order chi connectivity index (χ0) is 17.9. The minimum Gasteiger partial charge on any atom is -0.299 e. The molecule has 0 fully saturated rings. The van der Waals surface area contributed by atoms with Crippen LogP contribution in [0.4, 0.5) is 8.78 Å². The average Bonchev–Trinajstić information content (AvgIpc) is 3.00. The van der Waals surface area contributed by atoms with Crippen molar-refractivity contribution in [1.29, 1.82) is 0 Å². The lowest BCUT2D eigenvalue weighted by molar-refractivity contribution is 0.625. The molecule has 0 aliphatic carbocycles. The van der Waals surface area contributed by atoms with Crippen LogP contribution in [0.5, 0.6) is 0 Å². The van der Waals surface area contributed by atoms with Crippen LogP contribution in [0.2, 0.25) is 0 Å². The first-order valence-corrected chi connectivity index (χ1v) is 9.10. The summed E-state index contributed by atoms with van der Waals surface area (Å²) in [6.45, 7) is 0.541. The predicted octanol–water partition coefficient (Wildman–Crippen LogP) is 5.05. The quantitative estimate of drug-likeness (QED) is 0.463. The smallest absolute Gasteiger partial charge is 0.170 e. The predicted molar refractivity (Wildman–Crippen MR) is 99.0 cm³/mol. The molecule has 3 nitrogen and oxygen atoms in total. The Morgan fingerprint density at radius 2 is 1.73 bits per heavy atom. The van der Waals surface area contributed by atoms with Gasteiger partial charge in [-0.25, -0.2) is 18.7 Å². The Bertz CT molecular complexity index is 1040. The summed E-state index contributed by atoms with van der Waals surface area (Å²) in [6.07, 6.45) is 1.73. The Morgan fingerprint density at radius 3 is 2.54 bits per heavy atom. The highest BCUT2D eigenvalue weighted by atomic mass is 32.2. The van der Waals surface area contributed by atoms with Crippen molar-refractivity contribution in [2.75, 3.05) is 0 Å². The second kappa shape index (κ2) is 7.25. The first kappa shape index (κ1) is 16.7. The number of nitrogens with zero attached hydrogens (tertiary/aromatic N) is 3. The van der Waals surface area contributed by atoms with Gasteiger partial charge in [0.25, 0.3) is 0 Å². The van der Waals surface area contributed by atoms with Gasteiger partial charge in [0.15, 0.2) is 10.8 Å². The van der Waals surface area contributed by atoms with E-state index >= 15 is 0 Å². The lowest BCUT2D eigenvalue weighted by Crippen LogP contribution is -2.02. The maximum Gasteiger partial charge on any atom is 0.170 e. The normalized spacial score (nSPS) is 11.2. The van der Waals surface area contributed by atoms with E-state index < -0.39 is 0 Å². The van der Waals surface area contributed by atoms with Gasteiger partial charge in [-0.15, -0.1) is 0 Å². The summed E-state index contributed by atoms with van der Waals surface area (Å²) >= 11 is 1.53. The molecule has 2 aromatic heterocycles. The summed E-state index contributed by atoms with van der Waals surface area (Å²) in [5, 5.41) is 0.798. The highest BCUT2D eigenvalue weighted by Crippen LogP contribution is 2.27. The largest absolute Gasteiger partial charge is 0.299 e. The van der Waals surface area contributed by atoms with Gasteiger partial charge in [-0.2, -0.15) is 0 Å². The van der Waals surface area contributed by atoms with E-state index in [1.807, 2.05) is 22.8 Å². The Labute approximate surface area is 153 Å². The molecule has 4 rings (SSSR count). The van der Waals surface area contributed by atoms with Gasteiger partial charge >= 0.3 is 0 Å². The van der Waals surface area contributed by atoms with Crippen molar-refractivity contribution in [3.8, 4) is 0 Å². The fourth-order valence-electron chi connectivity index (χ4n) is 2.74. The number of imidazole rings is 1. The summed E-state index contributed by atoms with van der Waals surface area (Å²) in [7, 11) is 0. The maximum atomic E-state index is 13.4. The molecular formula is C20H15F2N3S. The maximum absolute atomic E-state index is 13.4. The highest BCUT2D eigenvalue weighted by molar-refractivity contribution is 7.98. The van der Waals surface area contributed by atoms with Gasteiger partial charge in [0, 0.05) is 11.9 Å². The van der Waals surface area contributed by atoms with Crippen LogP contribution in [0.15, 0.2) is 72.0 Å². The second-order valence-electron chi connectivity index (χ2n) is 5.87. The third-order valence-corrected chi connectivity index (χ3v) is 5.03. The van der Waals surface area contributed by atoms with Crippen molar-refractivity contribution in [1.82, 2.24) is 14.5 Å². The van der Waals surface area contributed by atoms with Crippen LogP contribution in [0, 0.1) is 11.6 Å². The summed E-state index contributed by atoms with van der Waals surface area (Å²) in [5.74, 6) is 0.0949. The van der Waals surface area contributed by atoms with Gasteiger partial charge in [-0.3, -0.25) is 4.57 Å². The molecule has 0 saturated heterocycles. The number of hydrogen-bond acceptors (Lipinski definition) is 3. The van der Waals surface area contributed by atoms with Crippen molar-refractivity contribution >= 4 is 22.9 Å². The summed E-state index contributed by atoms with van der Waals surface area (Å²) in [5.41, 5.74) is 3.43. The van der Waals surface area contributed by atoms with Crippen molar-refractivity contribution in [3.63, 3.8) is 0 Å². The average molecular weight is 367 g/mol. The molecule has 2 aromatic carbocycles. The van der Waals surface area contributed by atoms with Crippen molar-refractivity contribution < 1.29 is 8.78 Å². The summed E-state index contributed by atoms with van der Waals surface area (Å²) in [4.78, 5) is 9.10. The number of pyridine rings is 1. The Hall–Kier alpha value is -2.73. The van der Waals surface area contributed by atoms with Crippen LogP contribution >= 0.6 is 11.8 Å². The van der Waals surface area contributed by atoms with Gasteiger partial charge in [-0.05, 0) is 47.5 Å². The molecule has 0 amide bonds. The van der Waals surface area contributed by atoms with Gasteiger partial charge in [0.1, 0.15) is 17.2 Å². The van der Waals surface area contributed by atoms with E-state index in [0.29, 0.717) is 12.3 Å². The van der Waals surface area contributed by atoms with Crippen LogP contribution in [0.3, 0.4) is 0 Å². The zero-order valence-electron chi connectivity index (χ0n) is 13.8. The SMILES string of the molecule is Fc1ccc(Cn2c(SCc3cccc(F)c3)nc3cccnc32)cc1. The standard InChI is InChI=1S/C20H15F2N3S/c21-16-8-6-14(7-9-16)12-25-19-18(5-2-10-23-19)24-20(25)26-13-15-3-1-4-17(22)11-15/h1-11H,12-13H2. The number of aromatic nitrogens is 3. The van der Waals surface area contributed by atoms with Gasteiger partial charge < -0.3 is 0 Å². The van der Waals surface area contributed by atoms with Crippen LogP contribution in [-0.2, 0) is 12.3 Å². The topological polar surface area (TPSA) is 30.7 Å². The molecule has 26 heavy (non-hydrogen) atoms. The summed E-state index contributed by atoms with van der Waals surface area (Å²) < 4.78 is 28.6. The van der Waals surface area contributed by atoms with E-state index in [1.165, 1.54) is 36.0 Å². The Morgan fingerprint density at radius 1 is 0.885 bits per heavy atom. The van der Waals surface area contributed by atoms with E-state index in [-0.39, 0.29) is 11.6 Å². The molecule has 0 aliphatic heterocycles. The lowest BCUT2D eigenvalue weighted by atomic mass is 10.2. The van der Waals surface area contributed by atoms with Gasteiger partial charge in [0.05, 0.1) is 6.54 Å². The summed E-state index contributed by atoms with van der Waals surface area (Å²) in [6, 6.07) is 16.7. The molecule has 0 radical (unpaired) electrons. The number of halogens is 2. The van der Waals surface area contributed by atoms with Crippen molar-refractivity contribution in [2.24, 2.45) is 0 Å². The molecule has 0 unspecified atom stereocenters. The van der Waals surface area contributed by atoms with Crippen LogP contribution in [-0.4, -0.2) is 14.5 Å². The van der Waals surface area contributed by atoms with E-state index in [1.54, 1.807) is 24.4 Å². The molecule has 2 heterocycles. The number of rotatable bonds is 5. The molecule has 0 saturated carbocycles.